The number of carbonyl (C=O) groups is 1. The molecule has 3 aliphatic rings. The molecule has 2 aliphatic carbocycles. The minimum absolute atomic E-state index is 0.250. The van der Waals surface area contributed by atoms with Gasteiger partial charge in [0, 0.05) is 49.5 Å². The van der Waals surface area contributed by atoms with Gasteiger partial charge >= 0.3 is 0 Å². The number of pyridine rings is 3. The van der Waals surface area contributed by atoms with Gasteiger partial charge in [-0.25, -0.2) is 4.98 Å². The second-order valence-electron chi connectivity index (χ2n) is 7.74. The summed E-state index contributed by atoms with van der Waals surface area (Å²) in [5.74, 6) is -0.250. The van der Waals surface area contributed by atoms with E-state index in [1.54, 1.807) is 24.7 Å². The van der Waals surface area contributed by atoms with E-state index in [0.29, 0.717) is 11.4 Å². The van der Waals surface area contributed by atoms with Gasteiger partial charge in [0.05, 0.1) is 28.8 Å². The molecular formula is C24H20N6O. The van der Waals surface area contributed by atoms with Crippen molar-refractivity contribution in [3.05, 3.63) is 66.7 Å². The van der Waals surface area contributed by atoms with E-state index < -0.39 is 0 Å². The number of benzene rings is 1. The Kier molecular flexibility index (Phi) is 4.14. The standard InChI is InChI=1S/C24H20N6O/c31-24(29-20-14-26-8-6-21(20)30-11-9-25-10-12-30)19-5-1-4-18(28-19)22-17-13-16(17)15-3-2-7-27-23(15)22/h1-8,13-14,25H,9-12H2,(H,29,31). The molecule has 0 bridgehead atoms. The number of hydrogen-bond donors (Lipinski definition) is 2. The molecule has 3 aromatic heterocycles. The molecule has 1 fully saturated rings. The molecular weight excluding hydrogens is 388 g/mol. The third-order valence-corrected chi connectivity index (χ3v) is 5.84. The second kappa shape index (κ2) is 7.14. The number of fused-ring (bicyclic) bond motifs is 3. The van der Waals surface area contributed by atoms with E-state index in [-0.39, 0.29) is 5.91 Å². The van der Waals surface area contributed by atoms with Gasteiger partial charge in [-0.2, -0.15) is 0 Å². The highest BCUT2D eigenvalue weighted by molar-refractivity contribution is 6.19. The third kappa shape index (κ3) is 3.10. The van der Waals surface area contributed by atoms with Gasteiger partial charge in [0.2, 0.25) is 0 Å². The zero-order valence-corrected chi connectivity index (χ0v) is 16.8. The maximum absolute atomic E-state index is 13.1. The topological polar surface area (TPSA) is 83.0 Å². The monoisotopic (exact) mass is 408 g/mol. The van der Waals surface area contributed by atoms with Crippen LogP contribution < -0.4 is 15.5 Å². The Morgan fingerprint density at radius 2 is 1.94 bits per heavy atom. The van der Waals surface area contributed by atoms with Crippen molar-refractivity contribution >= 4 is 28.2 Å². The first-order valence-electron chi connectivity index (χ1n) is 10.4. The number of anilines is 2. The van der Waals surface area contributed by atoms with Crippen molar-refractivity contribution in [2.24, 2.45) is 0 Å². The largest absolute Gasteiger partial charge is 0.367 e. The molecule has 0 saturated carbocycles. The summed E-state index contributed by atoms with van der Waals surface area (Å²) in [5.41, 5.74) is 7.15. The Morgan fingerprint density at radius 3 is 2.84 bits per heavy atom. The van der Waals surface area contributed by atoms with E-state index in [0.717, 1.165) is 54.0 Å². The molecule has 1 amide bonds. The van der Waals surface area contributed by atoms with E-state index in [2.05, 4.69) is 42.6 Å². The number of piperazine rings is 1. The van der Waals surface area contributed by atoms with Crippen molar-refractivity contribution in [3.63, 3.8) is 0 Å². The number of nitrogens with one attached hydrogen (secondary N) is 2. The first kappa shape index (κ1) is 18.0. The van der Waals surface area contributed by atoms with Crippen molar-refractivity contribution in [2.75, 3.05) is 36.4 Å². The van der Waals surface area contributed by atoms with Crippen LogP contribution in [0.1, 0.15) is 10.5 Å². The van der Waals surface area contributed by atoms with Crippen molar-refractivity contribution in [1.29, 1.82) is 0 Å². The van der Waals surface area contributed by atoms with Crippen LogP contribution in [0.2, 0.25) is 0 Å². The highest BCUT2D eigenvalue weighted by atomic mass is 16.1. The van der Waals surface area contributed by atoms with Crippen LogP contribution in [0.4, 0.5) is 11.4 Å². The van der Waals surface area contributed by atoms with Crippen molar-refractivity contribution in [3.8, 4) is 22.4 Å². The predicted octanol–water partition coefficient (Wildman–Crippen LogP) is 3.33. The van der Waals surface area contributed by atoms with E-state index in [1.165, 1.54) is 11.1 Å². The molecule has 6 rings (SSSR count). The zero-order chi connectivity index (χ0) is 20.8. The Bertz CT molecular complexity index is 1330. The van der Waals surface area contributed by atoms with Gasteiger partial charge in [-0.15, -0.1) is 0 Å². The lowest BCUT2D eigenvalue weighted by molar-refractivity contribution is 0.102. The summed E-state index contributed by atoms with van der Waals surface area (Å²) >= 11 is 0. The molecule has 31 heavy (non-hydrogen) atoms. The van der Waals surface area contributed by atoms with Gasteiger partial charge in [-0.3, -0.25) is 14.8 Å². The average molecular weight is 408 g/mol. The molecule has 7 nitrogen and oxygen atoms in total. The van der Waals surface area contributed by atoms with Crippen molar-refractivity contribution in [1.82, 2.24) is 20.3 Å². The van der Waals surface area contributed by atoms with E-state index in [9.17, 15) is 4.79 Å². The van der Waals surface area contributed by atoms with Crippen LogP contribution in [0.15, 0.2) is 61.1 Å². The fourth-order valence-corrected chi connectivity index (χ4v) is 4.30. The van der Waals surface area contributed by atoms with Crippen LogP contribution in [-0.4, -0.2) is 47.0 Å². The highest BCUT2D eigenvalue weighted by Gasteiger charge is 2.27. The molecule has 0 atom stereocenters. The molecule has 0 spiro atoms. The van der Waals surface area contributed by atoms with Gasteiger partial charge in [0.1, 0.15) is 5.69 Å². The van der Waals surface area contributed by atoms with E-state index in [1.807, 2.05) is 24.3 Å². The summed E-state index contributed by atoms with van der Waals surface area (Å²) in [7, 11) is 0. The molecule has 4 heterocycles. The van der Waals surface area contributed by atoms with Gasteiger partial charge in [-0.1, -0.05) is 12.1 Å². The maximum atomic E-state index is 13.1. The van der Waals surface area contributed by atoms with Gasteiger partial charge in [-0.05, 0) is 41.5 Å². The minimum Gasteiger partial charge on any atom is -0.367 e. The first-order valence-corrected chi connectivity index (χ1v) is 10.4. The summed E-state index contributed by atoms with van der Waals surface area (Å²) in [4.78, 5) is 28.8. The molecule has 3 aromatic rings. The zero-order valence-electron chi connectivity index (χ0n) is 16.8. The SMILES string of the molecule is O=C(Nc1cnccc1N1CCNCC1)c1cccc(-c2c3cc-3c3cccnc23)n1. The molecule has 1 saturated heterocycles. The summed E-state index contributed by atoms with van der Waals surface area (Å²) in [6.07, 6.45) is 5.24. The Hall–Kier alpha value is -3.84. The number of carbonyl (C=O) groups excluding carboxylic acids is 1. The molecule has 152 valence electrons. The summed E-state index contributed by atoms with van der Waals surface area (Å²) in [6.45, 7) is 3.61. The Labute approximate surface area is 179 Å². The lowest BCUT2D eigenvalue weighted by atomic mass is 10.1. The van der Waals surface area contributed by atoms with Crippen LogP contribution in [0.3, 0.4) is 0 Å². The molecule has 0 unspecified atom stereocenters. The van der Waals surface area contributed by atoms with Crippen LogP contribution in [-0.2, 0) is 0 Å². The molecule has 0 aromatic carbocycles. The van der Waals surface area contributed by atoms with Crippen LogP contribution in [0, 0.1) is 0 Å². The lowest BCUT2D eigenvalue weighted by Gasteiger charge is -2.30. The summed E-state index contributed by atoms with van der Waals surface area (Å²) in [6, 6.07) is 13.6. The van der Waals surface area contributed by atoms with Crippen LogP contribution in [0.5, 0.6) is 0 Å². The summed E-state index contributed by atoms with van der Waals surface area (Å²) < 4.78 is 0. The fraction of sp³-hybridized carbons (Fsp3) is 0.167. The Morgan fingerprint density at radius 1 is 1.03 bits per heavy atom. The number of nitrogens with zero attached hydrogens (tertiary/aromatic N) is 4. The lowest BCUT2D eigenvalue weighted by Crippen LogP contribution is -2.43. The molecule has 0 radical (unpaired) electrons. The molecule has 7 heteroatoms. The highest BCUT2D eigenvalue weighted by Crippen LogP contribution is 2.50. The normalized spacial score (nSPS) is 14.5. The average Bonchev–Trinajstić information content (AvgIpc) is 3.54. The van der Waals surface area contributed by atoms with Crippen LogP contribution in [0.25, 0.3) is 33.3 Å². The van der Waals surface area contributed by atoms with Crippen molar-refractivity contribution in [2.45, 2.75) is 0 Å². The first-order chi connectivity index (χ1) is 15.3. The van der Waals surface area contributed by atoms with E-state index >= 15 is 0 Å². The number of rotatable bonds is 4. The quantitative estimate of drug-likeness (QED) is 0.475. The second-order valence-corrected chi connectivity index (χ2v) is 7.74. The third-order valence-electron chi connectivity index (χ3n) is 5.84. The maximum Gasteiger partial charge on any atom is 0.274 e. The minimum atomic E-state index is -0.250. The summed E-state index contributed by atoms with van der Waals surface area (Å²) in [5, 5.41) is 7.50. The predicted molar refractivity (Wildman–Crippen MR) is 121 cm³/mol. The van der Waals surface area contributed by atoms with Crippen LogP contribution >= 0.6 is 0 Å². The molecule has 1 aliphatic heterocycles. The molecule has 2 N–H and O–H groups in total. The van der Waals surface area contributed by atoms with E-state index in [4.69, 9.17) is 0 Å². The van der Waals surface area contributed by atoms with Gasteiger partial charge in [0.25, 0.3) is 5.91 Å². The van der Waals surface area contributed by atoms with Gasteiger partial charge < -0.3 is 15.5 Å². The number of hydrogen-bond acceptors (Lipinski definition) is 6. The number of amides is 1. The van der Waals surface area contributed by atoms with Gasteiger partial charge in [0.15, 0.2) is 0 Å². The fourth-order valence-electron chi connectivity index (χ4n) is 4.30. The Balaban J connectivity index is 1.31. The smallest absolute Gasteiger partial charge is 0.274 e. The van der Waals surface area contributed by atoms with Crippen molar-refractivity contribution < 1.29 is 4.79 Å². The number of aromatic nitrogens is 3.